The van der Waals surface area contributed by atoms with Crippen molar-refractivity contribution in [3.63, 3.8) is 0 Å². The van der Waals surface area contributed by atoms with Gasteiger partial charge in [-0.25, -0.2) is 0 Å². The van der Waals surface area contributed by atoms with Crippen LogP contribution in [0, 0.1) is 5.92 Å². The van der Waals surface area contributed by atoms with Crippen molar-refractivity contribution in [1.82, 2.24) is 10.2 Å². The van der Waals surface area contributed by atoms with Crippen LogP contribution in [0.4, 0.5) is 0 Å². The van der Waals surface area contributed by atoms with Crippen LogP contribution < -0.4 is 10.1 Å². The van der Waals surface area contributed by atoms with E-state index in [-0.39, 0.29) is 17.9 Å². The lowest BCUT2D eigenvalue weighted by atomic mass is 9.84. The average Bonchev–Trinajstić information content (AvgIpc) is 3.37. The number of amides is 1. The largest absolute Gasteiger partial charge is 0.497 e. The number of nitrogens with zero attached hydrogens (tertiary/aromatic N) is 1. The highest BCUT2D eigenvalue weighted by Crippen LogP contribution is 2.38. The number of furan rings is 1. The minimum Gasteiger partial charge on any atom is -0.497 e. The molecular formula is C22H30N2O3. The molecule has 0 radical (unpaired) electrons. The Morgan fingerprint density at radius 1 is 1.22 bits per heavy atom. The van der Waals surface area contributed by atoms with E-state index in [2.05, 4.69) is 10.2 Å². The van der Waals surface area contributed by atoms with Crippen molar-refractivity contribution >= 4 is 5.91 Å². The molecule has 1 saturated carbocycles. The van der Waals surface area contributed by atoms with E-state index in [0.29, 0.717) is 12.5 Å². The molecule has 1 aromatic heterocycles. The number of ether oxygens (including phenoxy) is 1. The molecule has 5 nitrogen and oxygen atoms in total. The van der Waals surface area contributed by atoms with Crippen LogP contribution in [0.2, 0.25) is 0 Å². The molecule has 0 saturated heterocycles. The second kappa shape index (κ2) is 9.09. The molecule has 1 aliphatic carbocycles. The number of benzene rings is 1. The molecule has 2 atom stereocenters. The van der Waals surface area contributed by atoms with Gasteiger partial charge < -0.3 is 14.5 Å². The molecular weight excluding hydrogens is 340 g/mol. The molecule has 27 heavy (non-hydrogen) atoms. The Morgan fingerprint density at radius 2 is 1.93 bits per heavy atom. The van der Waals surface area contributed by atoms with Gasteiger partial charge in [0, 0.05) is 6.54 Å². The second-order valence-corrected chi connectivity index (χ2v) is 7.54. The Hall–Kier alpha value is -2.27. The summed E-state index contributed by atoms with van der Waals surface area (Å²) in [7, 11) is 5.65. The molecule has 5 heteroatoms. The van der Waals surface area contributed by atoms with E-state index in [9.17, 15) is 4.79 Å². The summed E-state index contributed by atoms with van der Waals surface area (Å²) >= 11 is 0. The van der Waals surface area contributed by atoms with Gasteiger partial charge in [-0.1, -0.05) is 25.0 Å². The van der Waals surface area contributed by atoms with Gasteiger partial charge in [0.2, 0.25) is 5.91 Å². The van der Waals surface area contributed by atoms with Crippen LogP contribution in [0.3, 0.4) is 0 Å². The van der Waals surface area contributed by atoms with Crippen LogP contribution in [0.25, 0.3) is 0 Å². The van der Waals surface area contributed by atoms with Gasteiger partial charge in [0.25, 0.3) is 0 Å². The van der Waals surface area contributed by atoms with E-state index in [4.69, 9.17) is 9.15 Å². The van der Waals surface area contributed by atoms with Crippen molar-refractivity contribution in [3.8, 4) is 5.75 Å². The van der Waals surface area contributed by atoms with E-state index >= 15 is 0 Å². The summed E-state index contributed by atoms with van der Waals surface area (Å²) in [6.07, 6.45) is 6.31. The Labute approximate surface area is 161 Å². The molecule has 1 aromatic carbocycles. The van der Waals surface area contributed by atoms with Gasteiger partial charge in [0.15, 0.2) is 0 Å². The second-order valence-electron chi connectivity index (χ2n) is 7.54. The molecule has 0 bridgehead atoms. The van der Waals surface area contributed by atoms with Crippen molar-refractivity contribution in [2.75, 3.05) is 27.7 Å². The van der Waals surface area contributed by atoms with Gasteiger partial charge >= 0.3 is 0 Å². The average molecular weight is 370 g/mol. The van der Waals surface area contributed by atoms with Crippen LogP contribution in [0.15, 0.2) is 47.1 Å². The minimum atomic E-state index is -0.113. The molecule has 146 valence electrons. The summed E-state index contributed by atoms with van der Waals surface area (Å²) in [6.45, 7) is 0.527. The molecule has 1 fully saturated rings. The van der Waals surface area contributed by atoms with Crippen LogP contribution in [0.1, 0.15) is 49.0 Å². The van der Waals surface area contributed by atoms with Crippen molar-refractivity contribution < 1.29 is 13.9 Å². The maximum absolute atomic E-state index is 13.2. The van der Waals surface area contributed by atoms with E-state index < -0.39 is 0 Å². The smallest absolute Gasteiger partial charge is 0.227 e. The van der Waals surface area contributed by atoms with Gasteiger partial charge in [0.1, 0.15) is 11.5 Å². The number of carbonyl (C=O) groups excluding carboxylic acids is 1. The Bertz CT molecular complexity index is 704. The molecule has 0 spiro atoms. The minimum absolute atomic E-state index is 0.0176. The van der Waals surface area contributed by atoms with Crippen molar-refractivity contribution in [2.24, 2.45) is 5.92 Å². The zero-order chi connectivity index (χ0) is 19.2. The third-order valence-corrected chi connectivity index (χ3v) is 5.59. The van der Waals surface area contributed by atoms with E-state index in [1.165, 1.54) is 12.8 Å². The Morgan fingerprint density at radius 3 is 2.48 bits per heavy atom. The summed E-state index contributed by atoms with van der Waals surface area (Å²) in [4.78, 5) is 15.3. The number of hydrogen-bond acceptors (Lipinski definition) is 4. The number of rotatable bonds is 8. The topological polar surface area (TPSA) is 54.7 Å². The van der Waals surface area contributed by atoms with Gasteiger partial charge in [-0.3, -0.25) is 9.69 Å². The SMILES string of the molecule is COc1ccc(C(C(=O)NCC(c2ccco2)N(C)C)C2CCCC2)cc1. The van der Waals surface area contributed by atoms with Gasteiger partial charge in [-0.05, 0) is 62.7 Å². The first-order chi connectivity index (χ1) is 13.1. The number of carbonyl (C=O) groups is 1. The van der Waals surface area contributed by atoms with Gasteiger partial charge in [-0.2, -0.15) is 0 Å². The predicted molar refractivity (Wildman–Crippen MR) is 106 cm³/mol. The van der Waals surface area contributed by atoms with Crippen LogP contribution in [-0.4, -0.2) is 38.6 Å². The fourth-order valence-corrected chi connectivity index (χ4v) is 4.07. The molecule has 1 N–H and O–H groups in total. The predicted octanol–water partition coefficient (Wildman–Crippen LogP) is 3.98. The fraction of sp³-hybridized carbons (Fsp3) is 0.500. The van der Waals surface area contributed by atoms with E-state index in [1.807, 2.05) is 50.5 Å². The normalized spacial score (nSPS) is 17.0. The lowest BCUT2D eigenvalue weighted by Crippen LogP contribution is -2.38. The zero-order valence-corrected chi connectivity index (χ0v) is 16.5. The van der Waals surface area contributed by atoms with Crippen molar-refractivity contribution in [1.29, 1.82) is 0 Å². The Balaban J connectivity index is 1.74. The summed E-state index contributed by atoms with van der Waals surface area (Å²) < 4.78 is 10.8. The van der Waals surface area contributed by atoms with Crippen LogP contribution in [0.5, 0.6) is 5.75 Å². The highest BCUT2D eigenvalue weighted by molar-refractivity contribution is 5.84. The number of methoxy groups -OCH3 is 1. The maximum atomic E-state index is 13.2. The van der Waals surface area contributed by atoms with E-state index in [1.54, 1.807) is 13.4 Å². The monoisotopic (exact) mass is 370 g/mol. The first kappa shape index (κ1) is 19.5. The molecule has 2 aromatic rings. The standard InChI is InChI=1S/C22H30N2O3/c1-24(2)19(20-9-6-14-27-20)15-23-22(25)21(16-7-4-5-8-16)17-10-12-18(26-3)13-11-17/h6,9-14,16,19,21H,4-5,7-8,15H2,1-3H3,(H,23,25). The number of likely N-dealkylation sites (N-methyl/N-ethyl adjacent to an activating group) is 1. The fourth-order valence-electron chi connectivity index (χ4n) is 4.07. The molecule has 1 aliphatic rings. The van der Waals surface area contributed by atoms with Crippen LogP contribution in [-0.2, 0) is 4.79 Å². The molecule has 3 rings (SSSR count). The Kier molecular flexibility index (Phi) is 6.56. The van der Waals surface area contributed by atoms with Gasteiger partial charge in [0.05, 0.1) is 25.3 Å². The first-order valence-electron chi connectivity index (χ1n) is 9.71. The third-order valence-electron chi connectivity index (χ3n) is 5.59. The summed E-state index contributed by atoms with van der Waals surface area (Å²) in [6, 6.07) is 11.8. The maximum Gasteiger partial charge on any atom is 0.227 e. The summed E-state index contributed by atoms with van der Waals surface area (Å²) in [5.74, 6) is 2.07. The summed E-state index contributed by atoms with van der Waals surface area (Å²) in [5.41, 5.74) is 1.07. The van der Waals surface area contributed by atoms with E-state index in [0.717, 1.165) is 29.9 Å². The van der Waals surface area contributed by atoms with Gasteiger partial charge in [-0.15, -0.1) is 0 Å². The van der Waals surface area contributed by atoms with Crippen molar-refractivity contribution in [2.45, 2.75) is 37.6 Å². The third kappa shape index (κ3) is 4.72. The molecule has 2 unspecified atom stereocenters. The number of hydrogen-bond donors (Lipinski definition) is 1. The summed E-state index contributed by atoms with van der Waals surface area (Å²) in [5, 5.41) is 3.18. The van der Waals surface area contributed by atoms with Crippen molar-refractivity contribution in [3.05, 3.63) is 54.0 Å². The first-order valence-corrected chi connectivity index (χ1v) is 9.71. The molecule has 0 aliphatic heterocycles. The zero-order valence-electron chi connectivity index (χ0n) is 16.5. The van der Waals surface area contributed by atoms with Crippen LogP contribution >= 0.6 is 0 Å². The highest BCUT2D eigenvalue weighted by atomic mass is 16.5. The lowest BCUT2D eigenvalue weighted by Gasteiger charge is -2.27. The quantitative estimate of drug-likeness (QED) is 0.764. The lowest BCUT2D eigenvalue weighted by molar-refractivity contribution is -0.124. The highest BCUT2D eigenvalue weighted by Gasteiger charge is 2.32. The molecule has 1 amide bonds. The molecule has 1 heterocycles. The number of nitrogens with one attached hydrogen (secondary N) is 1.